The minimum atomic E-state index is -1.20. The Morgan fingerprint density at radius 1 is 0.730 bits per heavy atom. The van der Waals surface area contributed by atoms with Gasteiger partial charge in [-0.1, -0.05) is 0 Å². The number of benzene rings is 3. The number of hydrogen-bond donors (Lipinski definition) is 1. The van der Waals surface area contributed by atoms with E-state index in [-0.39, 0.29) is 38.6 Å². The van der Waals surface area contributed by atoms with Crippen molar-refractivity contribution in [3.05, 3.63) is 100 Å². The third kappa shape index (κ3) is 3.48. The summed E-state index contributed by atoms with van der Waals surface area (Å²) < 4.78 is 5.84. The third-order valence-corrected chi connectivity index (χ3v) is 6.69. The standard InChI is InChI=1S/C26H13N3O7S/c30-21-17-7-1-13(25(34)35)11-19(17)23(32)28(21)14-2-4-15(5-3-14)36-16-6-8-18-20(12-16)24(33)29(22(18)31)26-27-9-10-37-26/h1-12H,(H,34,35). The van der Waals surface area contributed by atoms with E-state index in [2.05, 4.69) is 4.98 Å². The van der Waals surface area contributed by atoms with Crippen molar-refractivity contribution in [2.45, 2.75) is 0 Å². The number of anilines is 2. The van der Waals surface area contributed by atoms with E-state index >= 15 is 0 Å². The topological polar surface area (TPSA) is 134 Å². The first-order valence-corrected chi connectivity index (χ1v) is 11.7. The fraction of sp³-hybridized carbons (Fsp3) is 0. The van der Waals surface area contributed by atoms with Crippen molar-refractivity contribution in [2.24, 2.45) is 0 Å². The number of hydrogen-bond acceptors (Lipinski definition) is 8. The summed E-state index contributed by atoms with van der Waals surface area (Å²) in [5, 5.41) is 11.1. The number of carboxylic acids is 1. The number of imide groups is 2. The third-order valence-electron chi connectivity index (χ3n) is 5.93. The van der Waals surface area contributed by atoms with E-state index in [1.165, 1.54) is 60.0 Å². The Labute approximate surface area is 212 Å². The highest BCUT2D eigenvalue weighted by Crippen LogP contribution is 2.34. The highest BCUT2D eigenvalue weighted by atomic mass is 32.1. The van der Waals surface area contributed by atoms with Crippen LogP contribution < -0.4 is 14.5 Å². The van der Waals surface area contributed by atoms with Gasteiger partial charge in [-0.05, 0) is 60.7 Å². The number of aromatic nitrogens is 1. The van der Waals surface area contributed by atoms with Crippen molar-refractivity contribution in [3.63, 3.8) is 0 Å². The molecule has 4 amide bonds. The zero-order valence-electron chi connectivity index (χ0n) is 18.6. The zero-order chi connectivity index (χ0) is 25.8. The second kappa shape index (κ2) is 8.21. The lowest BCUT2D eigenvalue weighted by Gasteiger charge is -2.14. The number of aromatic carboxylic acids is 1. The number of amides is 4. The summed E-state index contributed by atoms with van der Waals surface area (Å²) in [4.78, 5) is 68.4. The highest BCUT2D eigenvalue weighted by molar-refractivity contribution is 7.14. The van der Waals surface area contributed by atoms with Gasteiger partial charge in [-0.2, -0.15) is 0 Å². The predicted molar refractivity (Wildman–Crippen MR) is 131 cm³/mol. The van der Waals surface area contributed by atoms with Crippen LogP contribution in [0.4, 0.5) is 10.8 Å². The first-order valence-electron chi connectivity index (χ1n) is 10.8. The van der Waals surface area contributed by atoms with Crippen LogP contribution >= 0.6 is 11.3 Å². The van der Waals surface area contributed by atoms with Crippen molar-refractivity contribution in [1.29, 1.82) is 0 Å². The maximum Gasteiger partial charge on any atom is 0.335 e. The monoisotopic (exact) mass is 511 g/mol. The van der Waals surface area contributed by atoms with Gasteiger partial charge in [0.05, 0.1) is 33.5 Å². The van der Waals surface area contributed by atoms with Crippen LogP contribution in [0.5, 0.6) is 11.5 Å². The van der Waals surface area contributed by atoms with Crippen LogP contribution in [0.25, 0.3) is 0 Å². The summed E-state index contributed by atoms with van der Waals surface area (Å²) in [6.07, 6.45) is 1.51. The van der Waals surface area contributed by atoms with E-state index in [1.807, 2.05) is 0 Å². The van der Waals surface area contributed by atoms with Gasteiger partial charge in [-0.25, -0.2) is 19.6 Å². The average Bonchev–Trinajstić information content (AvgIpc) is 3.57. The number of ether oxygens (including phenoxy) is 1. The molecule has 0 saturated heterocycles. The Morgan fingerprint density at radius 3 is 2.00 bits per heavy atom. The molecule has 2 aliphatic rings. The Hall–Kier alpha value is -5.16. The Bertz CT molecular complexity index is 1660. The molecule has 0 spiro atoms. The number of carbonyl (C=O) groups is 5. The molecule has 1 aromatic heterocycles. The second-order valence-electron chi connectivity index (χ2n) is 8.07. The lowest BCUT2D eigenvalue weighted by molar-refractivity contribution is 0.0695. The van der Waals surface area contributed by atoms with Crippen LogP contribution in [0.2, 0.25) is 0 Å². The van der Waals surface area contributed by atoms with Gasteiger partial charge in [0.1, 0.15) is 11.5 Å². The van der Waals surface area contributed by atoms with Gasteiger partial charge in [-0.3, -0.25) is 19.2 Å². The minimum absolute atomic E-state index is 0.0226. The van der Waals surface area contributed by atoms with Crippen LogP contribution in [0.3, 0.4) is 0 Å². The van der Waals surface area contributed by atoms with Gasteiger partial charge in [0, 0.05) is 11.6 Å². The summed E-state index contributed by atoms with van der Waals surface area (Å²) in [6.45, 7) is 0. The van der Waals surface area contributed by atoms with Crippen LogP contribution in [0.15, 0.2) is 72.2 Å². The smallest absolute Gasteiger partial charge is 0.335 e. The Kier molecular flexibility index (Phi) is 4.95. The van der Waals surface area contributed by atoms with E-state index in [4.69, 9.17) is 4.74 Å². The van der Waals surface area contributed by atoms with Gasteiger partial charge in [0.25, 0.3) is 23.6 Å². The molecule has 11 heteroatoms. The molecule has 3 aromatic carbocycles. The van der Waals surface area contributed by atoms with Crippen LogP contribution in [0.1, 0.15) is 51.8 Å². The summed E-state index contributed by atoms with van der Waals surface area (Å²) in [5.74, 6) is -2.65. The van der Waals surface area contributed by atoms with Gasteiger partial charge in [0.2, 0.25) is 0 Å². The fourth-order valence-corrected chi connectivity index (χ4v) is 4.83. The fourth-order valence-electron chi connectivity index (χ4n) is 4.19. The molecule has 10 nitrogen and oxygen atoms in total. The molecule has 37 heavy (non-hydrogen) atoms. The zero-order valence-corrected chi connectivity index (χ0v) is 19.4. The summed E-state index contributed by atoms with van der Waals surface area (Å²) in [6, 6.07) is 14.5. The van der Waals surface area contributed by atoms with Gasteiger partial charge in [0.15, 0.2) is 5.13 Å². The Balaban J connectivity index is 1.22. The average molecular weight is 511 g/mol. The number of nitrogens with zero attached hydrogens (tertiary/aromatic N) is 3. The molecular formula is C26H13N3O7S. The maximum atomic E-state index is 12.8. The van der Waals surface area contributed by atoms with E-state index < -0.39 is 29.6 Å². The number of fused-ring (bicyclic) bond motifs is 2. The number of carbonyl (C=O) groups excluding carboxylic acids is 4. The minimum Gasteiger partial charge on any atom is -0.478 e. The van der Waals surface area contributed by atoms with Gasteiger partial charge in [-0.15, -0.1) is 11.3 Å². The molecule has 1 N–H and O–H groups in total. The van der Waals surface area contributed by atoms with E-state index in [1.54, 1.807) is 23.6 Å². The maximum absolute atomic E-state index is 12.8. The molecule has 0 radical (unpaired) electrons. The Morgan fingerprint density at radius 2 is 1.32 bits per heavy atom. The van der Waals surface area contributed by atoms with Crippen molar-refractivity contribution >= 4 is 51.8 Å². The van der Waals surface area contributed by atoms with Crippen LogP contribution in [-0.4, -0.2) is 39.7 Å². The summed E-state index contributed by atoms with van der Waals surface area (Å²) in [7, 11) is 0. The highest BCUT2D eigenvalue weighted by Gasteiger charge is 2.39. The van der Waals surface area contributed by atoms with E-state index in [0.717, 1.165) is 9.80 Å². The molecule has 2 aliphatic heterocycles. The first-order chi connectivity index (χ1) is 17.8. The molecule has 3 heterocycles. The molecule has 180 valence electrons. The molecule has 0 bridgehead atoms. The van der Waals surface area contributed by atoms with Crippen molar-refractivity contribution in [1.82, 2.24) is 4.98 Å². The SMILES string of the molecule is O=C(O)c1ccc2c(c1)C(=O)N(c1ccc(Oc3ccc4c(c3)C(=O)N(c3nccs3)C4=O)cc1)C2=O. The van der Waals surface area contributed by atoms with Crippen LogP contribution in [0, 0.1) is 0 Å². The number of rotatable bonds is 5. The largest absolute Gasteiger partial charge is 0.478 e. The molecule has 0 saturated carbocycles. The van der Waals surface area contributed by atoms with E-state index in [0.29, 0.717) is 11.5 Å². The number of thiazole rings is 1. The van der Waals surface area contributed by atoms with Gasteiger partial charge < -0.3 is 9.84 Å². The first kappa shape index (κ1) is 22.3. The van der Waals surface area contributed by atoms with Crippen LogP contribution in [-0.2, 0) is 0 Å². The van der Waals surface area contributed by atoms with Crippen molar-refractivity contribution in [3.8, 4) is 11.5 Å². The second-order valence-corrected chi connectivity index (χ2v) is 8.95. The summed E-state index contributed by atoms with van der Waals surface area (Å²) >= 11 is 1.18. The van der Waals surface area contributed by atoms with Gasteiger partial charge >= 0.3 is 5.97 Å². The van der Waals surface area contributed by atoms with E-state index in [9.17, 15) is 29.1 Å². The number of carboxylic acid groups (broad SMARTS) is 1. The molecule has 6 rings (SSSR count). The lowest BCUT2D eigenvalue weighted by atomic mass is 10.1. The molecule has 0 fully saturated rings. The molecular weight excluding hydrogens is 498 g/mol. The predicted octanol–water partition coefficient (Wildman–Crippen LogP) is 4.23. The molecule has 4 aromatic rings. The summed E-state index contributed by atoms with van der Waals surface area (Å²) in [5.41, 5.74) is 0.786. The lowest BCUT2D eigenvalue weighted by Crippen LogP contribution is -2.29. The normalized spacial score (nSPS) is 14.3. The van der Waals surface area contributed by atoms with Crippen molar-refractivity contribution in [2.75, 3.05) is 9.80 Å². The molecule has 0 atom stereocenters. The molecule has 0 unspecified atom stereocenters. The quantitative estimate of drug-likeness (QED) is 0.393. The molecule has 0 aliphatic carbocycles. The van der Waals surface area contributed by atoms with Crippen molar-refractivity contribution < 1.29 is 33.8 Å².